The van der Waals surface area contributed by atoms with Crippen LogP contribution in [0.4, 0.5) is 0 Å². The Kier molecular flexibility index (Phi) is 19.5. The monoisotopic (exact) mass is 1170 g/mol. The second-order valence-electron chi connectivity index (χ2n) is 22.6. The lowest BCUT2D eigenvalue weighted by atomic mass is 10.2. The van der Waals surface area contributed by atoms with Crippen molar-refractivity contribution < 1.29 is 0 Å². The molecule has 0 fully saturated rings. The summed E-state index contributed by atoms with van der Waals surface area (Å²) in [5.41, 5.74) is 28.0. The molecule has 448 valence electrons. The van der Waals surface area contributed by atoms with Gasteiger partial charge in [0.15, 0.2) is 0 Å². The molecule has 0 aliphatic carbocycles. The zero-order valence-corrected chi connectivity index (χ0v) is 53.5. The molecule has 16 heteroatoms. The predicted molar refractivity (Wildman–Crippen MR) is 364 cm³/mol. The summed E-state index contributed by atoms with van der Waals surface area (Å²) >= 11 is 0. The summed E-state index contributed by atoms with van der Waals surface area (Å²) in [6, 6.07) is 49.7. The summed E-state index contributed by atoms with van der Waals surface area (Å²) in [7, 11) is 8.04. The average molecular weight is 1170 g/mol. The molecule has 8 aromatic heterocycles. The van der Waals surface area contributed by atoms with Gasteiger partial charge in [-0.3, -0.25) is 0 Å². The number of hydrogen-bond acceptors (Lipinski definition) is 8. The molecule has 0 unspecified atom stereocenters. The van der Waals surface area contributed by atoms with Gasteiger partial charge in [-0.25, -0.2) is 39.9 Å². The van der Waals surface area contributed by atoms with Gasteiger partial charge in [0.1, 0.15) is 23.3 Å². The predicted octanol–water partition coefficient (Wildman–Crippen LogP) is 16.2. The lowest BCUT2D eigenvalue weighted by Crippen LogP contribution is -1.86. The number of imidazole rings is 8. The lowest BCUT2D eigenvalue weighted by molar-refractivity contribution is 0.944. The average Bonchev–Trinajstić information content (AvgIpc) is 4.34. The third-order valence-corrected chi connectivity index (χ3v) is 14.8. The highest BCUT2D eigenvalue weighted by Gasteiger charge is 2.05. The normalized spacial score (nSPS) is 10.7. The lowest BCUT2D eigenvalue weighted by Gasteiger charge is -1.97. The number of fused-ring (bicyclic) bond motifs is 8. The fourth-order valence-electron chi connectivity index (χ4n) is 10.3. The number of aromatic nitrogens is 16. The van der Waals surface area contributed by atoms with E-state index in [1.807, 2.05) is 154 Å². The maximum Gasteiger partial charge on any atom is 0.104 e. The molecule has 0 radical (unpaired) electrons. The van der Waals surface area contributed by atoms with E-state index < -0.39 is 0 Å². The number of nitrogens with zero attached hydrogens (tertiary/aromatic N) is 12. The number of H-pyrrole nitrogens is 4. The van der Waals surface area contributed by atoms with E-state index in [1.165, 1.54) is 66.6 Å². The van der Waals surface area contributed by atoms with Crippen molar-refractivity contribution in [2.24, 2.45) is 28.2 Å². The molecule has 16 rings (SSSR count). The Morgan fingerprint density at radius 3 is 1.22 bits per heavy atom. The Morgan fingerprint density at radius 1 is 0.273 bits per heavy atom. The van der Waals surface area contributed by atoms with Crippen molar-refractivity contribution in [2.45, 2.75) is 83.1 Å². The number of benzene rings is 8. The van der Waals surface area contributed by atoms with Gasteiger partial charge in [-0.15, -0.1) is 0 Å². The Balaban J connectivity index is 0.000000120. The van der Waals surface area contributed by atoms with E-state index in [4.69, 9.17) is 0 Å². The largest absolute Gasteiger partial charge is 0.342 e. The summed E-state index contributed by atoms with van der Waals surface area (Å²) in [5, 5.41) is 0. The summed E-state index contributed by atoms with van der Waals surface area (Å²) in [6.45, 7) is 24.5. The van der Waals surface area contributed by atoms with E-state index in [9.17, 15) is 0 Å². The van der Waals surface area contributed by atoms with Crippen LogP contribution in [0.5, 0.6) is 0 Å². The van der Waals surface area contributed by atoms with Crippen molar-refractivity contribution in [1.82, 2.24) is 78.1 Å². The van der Waals surface area contributed by atoms with Gasteiger partial charge in [0.2, 0.25) is 0 Å². The minimum absolute atomic E-state index is 0.977. The van der Waals surface area contributed by atoms with E-state index in [2.05, 4.69) is 206 Å². The van der Waals surface area contributed by atoms with Crippen LogP contribution in [0.15, 0.2) is 171 Å². The molecule has 0 aliphatic heterocycles. The number of aryl methyl sites for hydroxylation is 16. The first-order chi connectivity index (χ1) is 42.2. The molecule has 8 heterocycles. The molecule has 0 saturated carbocycles. The molecule has 0 atom stereocenters. The summed E-state index contributed by atoms with van der Waals surface area (Å²) < 4.78 is 8.13. The Morgan fingerprint density at radius 2 is 0.670 bits per heavy atom. The van der Waals surface area contributed by atoms with Crippen LogP contribution in [-0.2, 0) is 28.2 Å². The first-order valence-corrected chi connectivity index (χ1v) is 29.4. The number of hydrogen-bond donors (Lipinski definition) is 4. The number of para-hydroxylation sites is 4. The number of nitrogens with one attached hydrogen (secondary N) is 4. The van der Waals surface area contributed by atoms with Gasteiger partial charge >= 0.3 is 0 Å². The molecular formula is C72H80N16. The molecular weight excluding hydrogens is 1090 g/mol. The van der Waals surface area contributed by atoms with Crippen molar-refractivity contribution in [3.05, 3.63) is 239 Å². The van der Waals surface area contributed by atoms with Gasteiger partial charge in [0.25, 0.3) is 0 Å². The highest BCUT2D eigenvalue weighted by molar-refractivity contribution is 5.82. The van der Waals surface area contributed by atoms with Crippen LogP contribution in [0, 0.1) is 83.1 Å². The van der Waals surface area contributed by atoms with Gasteiger partial charge in [-0.05, 0) is 200 Å². The zero-order chi connectivity index (χ0) is 62.8. The molecule has 16 aromatic rings. The van der Waals surface area contributed by atoms with Gasteiger partial charge in [-0.1, -0.05) is 72.8 Å². The van der Waals surface area contributed by atoms with Crippen LogP contribution in [0.1, 0.15) is 67.8 Å². The van der Waals surface area contributed by atoms with Crippen molar-refractivity contribution in [2.75, 3.05) is 0 Å². The fraction of sp³-hybridized carbons (Fsp3) is 0.222. The number of rotatable bonds is 0. The maximum absolute atomic E-state index is 4.36. The van der Waals surface area contributed by atoms with Gasteiger partial charge in [-0.2, -0.15) is 0 Å². The molecule has 0 spiro atoms. The highest BCUT2D eigenvalue weighted by Crippen LogP contribution is 2.20. The Bertz CT molecular complexity index is 4760. The summed E-state index contributed by atoms with van der Waals surface area (Å²) in [6.07, 6.45) is 7.36. The molecule has 8 aromatic carbocycles. The SMILES string of the molecule is Cc1ccc2c(c1)ncn2C.Cc1ccc2nc(C)[nH]c2c1.Cc1ccc2nc(C)[nH]c2c1.Cc1ccc2ncn(C)c2c1.Cc1cccc2c1ncn2C.Cc1cccc2ncn(C)c12.Cc1nc2c(C)cccc2[nH]1.Cc1nc2c(C)cccc2[nH]1. The Hall–Kier alpha value is -10.5. The second-order valence-corrected chi connectivity index (χ2v) is 22.6. The quantitative estimate of drug-likeness (QED) is 0.115. The van der Waals surface area contributed by atoms with Crippen LogP contribution in [-0.4, -0.2) is 78.1 Å². The fourth-order valence-corrected chi connectivity index (χ4v) is 10.3. The summed E-state index contributed by atoms with van der Waals surface area (Å²) in [4.78, 5) is 47.1. The van der Waals surface area contributed by atoms with Gasteiger partial charge < -0.3 is 38.2 Å². The maximum atomic E-state index is 4.36. The van der Waals surface area contributed by atoms with Crippen molar-refractivity contribution in [3.8, 4) is 0 Å². The van der Waals surface area contributed by atoms with E-state index >= 15 is 0 Å². The van der Waals surface area contributed by atoms with Crippen LogP contribution in [0.3, 0.4) is 0 Å². The van der Waals surface area contributed by atoms with Gasteiger partial charge in [0.05, 0.1) is 114 Å². The van der Waals surface area contributed by atoms with Gasteiger partial charge in [0, 0.05) is 28.2 Å². The van der Waals surface area contributed by atoms with Crippen molar-refractivity contribution >= 4 is 88.3 Å². The number of aromatic amines is 4. The Labute approximate surface area is 513 Å². The van der Waals surface area contributed by atoms with E-state index in [1.54, 1.807) is 0 Å². The van der Waals surface area contributed by atoms with Crippen LogP contribution < -0.4 is 0 Å². The minimum Gasteiger partial charge on any atom is -0.342 e. The first-order valence-electron chi connectivity index (χ1n) is 29.4. The summed E-state index contributed by atoms with van der Waals surface area (Å²) in [5.74, 6) is 3.92. The van der Waals surface area contributed by atoms with Crippen LogP contribution >= 0.6 is 0 Å². The van der Waals surface area contributed by atoms with E-state index in [-0.39, 0.29) is 0 Å². The highest BCUT2D eigenvalue weighted by atomic mass is 15.0. The van der Waals surface area contributed by atoms with Crippen molar-refractivity contribution in [3.63, 3.8) is 0 Å². The van der Waals surface area contributed by atoms with Crippen LogP contribution in [0.25, 0.3) is 88.3 Å². The standard InChI is InChI=1S/8C9H10N2/c1-7-3-4-9-8(5-7)10-6-11(9)2;1-7-3-4-8-9(5-7)11(2)6-10-8;2*1-6-3-4-8-9(5-6)11-7(2)10-8;1-7-4-3-5-8-9(7)10-6-11(8)2;1-7-4-3-5-8-9(7)11(2)6-10-8;2*1-6-4-3-5-8-9(6)11-7(2)10-8/h2*3-6H,1-2H3;2*3-5H,1-2H3,(H,10,11);2*3-6H,1-2H3;2*3-5H,1-2H3,(H,10,11). The van der Waals surface area contributed by atoms with E-state index in [0.717, 1.165) is 89.5 Å². The minimum atomic E-state index is 0.977. The molecule has 4 N–H and O–H groups in total. The van der Waals surface area contributed by atoms with Crippen molar-refractivity contribution in [1.29, 1.82) is 0 Å². The molecule has 0 aliphatic rings. The molecule has 0 amide bonds. The van der Waals surface area contributed by atoms with E-state index in [0.29, 0.717) is 0 Å². The topological polar surface area (TPSA) is 186 Å². The molecule has 0 saturated heterocycles. The first kappa shape index (κ1) is 62.1. The third kappa shape index (κ3) is 15.3. The smallest absolute Gasteiger partial charge is 0.104 e. The molecule has 88 heavy (non-hydrogen) atoms. The second kappa shape index (κ2) is 27.7. The molecule has 0 bridgehead atoms. The molecule has 16 nitrogen and oxygen atoms in total. The zero-order valence-electron chi connectivity index (χ0n) is 53.5. The van der Waals surface area contributed by atoms with Crippen LogP contribution in [0.2, 0.25) is 0 Å². The third-order valence-electron chi connectivity index (χ3n) is 14.8.